The predicted octanol–water partition coefficient (Wildman–Crippen LogP) is 8.62. The van der Waals surface area contributed by atoms with E-state index in [1.165, 1.54) is 24.3 Å². The Balaban J connectivity index is 0.000000501. The Labute approximate surface area is 265 Å². The molecule has 0 aromatic heterocycles. The molecule has 0 N–H and O–H groups in total. The van der Waals surface area contributed by atoms with Crippen molar-refractivity contribution in [1.82, 2.24) is 4.48 Å². The molecular formula is C29H15BF15NO3. The lowest BCUT2D eigenvalue weighted by Gasteiger charge is -2.27. The molecule has 0 saturated carbocycles. The summed E-state index contributed by atoms with van der Waals surface area (Å²) < 4.78 is 213. The first-order chi connectivity index (χ1) is 22.6. The summed E-state index contributed by atoms with van der Waals surface area (Å²) in [5, 5.41) is 0. The van der Waals surface area contributed by atoms with Gasteiger partial charge in [0.1, 0.15) is 0 Å². The molecule has 0 radical (unpaired) electrons. The van der Waals surface area contributed by atoms with E-state index >= 15 is 0 Å². The van der Waals surface area contributed by atoms with E-state index in [0.717, 1.165) is 6.07 Å². The van der Waals surface area contributed by atoms with Crippen molar-refractivity contribution in [2.75, 3.05) is 21.1 Å². The highest BCUT2D eigenvalue weighted by Gasteiger charge is 2.41. The van der Waals surface area contributed by atoms with E-state index in [2.05, 4.69) is 15.9 Å². The van der Waals surface area contributed by atoms with Gasteiger partial charge in [-0.05, 0) is 11.6 Å². The zero-order chi connectivity index (χ0) is 37.3. The Kier molecular flexibility index (Phi) is 11.5. The van der Waals surface area contributed by atoms with Crippen LogP contribution in [0, 0.1) is 93.3 Å². The first kappa shape index (κ1) is 38.4. The van der Waals surface area contributed by atoms with Gasteiger partial charge < -0.3 is 14.0 Å². The van der Waals surface area contributed by atoms with Crippen molar-refractivity contribution in [2.45, 2.75) is 0 Å². The minimum Gasteiger partial charge on any atom is -0.484 e. The Morgan fingerprint density at radius 3 is 1.22 bits per heavy atom. The molecule has 49 heavy (non-hydrogen) atoms. The van der Waals surface area contributed by atoms with E-state index in [4.69, 9.17) is 4.65 Å². The van der Waals surface area contributed by atoms with Gasteiger partial charge in [0.15, 0.2) is 22.9 Å². The molecule has 4 aromatic carbocycles. The van der Waals surface area contributed by atoms with Gasteiger partial charge in [-0.15, -0.1) is 6.07 Å². The van der Waals surface area contributed by atoms with Crippen molar-refractivity contribution >= 4 is 19.1 Å². The molecular weight excluding hydrogens is 706 g/mol. The van der Waals surface area contributed by atoms with Crippen LogP contribution >= 0.6 is 0 Å². The second-order valence-electron chi connectivity index (χ2n) is 10.1. The molecule has 4 aromatic rings. The molecule has 0 bridgehead atoms. The Morgan fingerprint density at radius 2 is 0.878 bits per heavy atom. The van der Waals surface area contributed by atoms with Crippen LogP contribution in [0.2, 0.25) is 0 Å². The van der Waals surface area contributed by atoms with E-state index < -0.39 is 106 Å². The van der Waals surface area contributed by atoms with Crippen molar-refractivity contribution in [2.24, 2.45) is 0 Å². The summed E-state index contributed by atoms with van der Waals surface area (Å²) in [5.74, 6) is -39.5. The largest absolute Gasteiger partial charge is 0.864 e. The monoisotopic (exact) mass is 721 g/mol. The lowest BCUT2D eigenvalue weighted by atomic mass is 10.1. The molecule has 0 unspecified atom stereocenters. The van der Waals surface area contributed by atoms with Crippen molar-refractivity contribution in [3.63, 3.8) is 0 Å². The van der Waals surface area contributed by atoms with Crippen molar-refractivity contribution in [1.29, 1.82) is 0 Å². The molecule has 4 nitrogen and oxygen atoms in total. The first-order valence-corrected chi connectivity index (χ1v) is 12.7. The van der Waals surface area contributed by atoms with Crippen LogP contribution in [0.15, 0.2) is 24.8 Å². The van der Waals surface area contributed by atoms with Gasteiger partial charge in [0, 0.05) is 6.07 Å². The van der Waals surface area contributed by atoms with Gasteiger partial charge in [-0.1, -0.05) is 18.7 Å². The van der Waals surface area contributed by atoms with Crippen LogP contribution < -0.4 is 18.4 Å². The first-order valence-electron chi connectivity index (χ1n) is 12.7. The Morgan fingerprint density at radius 1 is 0.531 bits per heavy atom. The summed E-state index contributed by atoms with van der Waals surface area (Å²) in [5.41, 5.74) is 0.729. The Bertz CT molecular complexity index is 1780. The van der Waals surface area contributed by atoms with Crippen LogP contribution in [0.3, 0.4) is 0 Å². The molecule has 0 amide bonds. The fourth-order valence-electron chi connectivity index (χ4n) is 3.53. The molecule has 0 aliphatic rings. The molecule has 0 aliphatic carbocycles. The van der Waals surface area contributed by atoms with Crippen LogP contribution in [-0.4, -0.2) is 28.5 Å². The normalized spacial score (nSPS) is 11.1. The lowest BCUT2D eigenvalue weighted by Crippen LogP contribution is -2.40. The fourth-order valence-corrected chi connectivity index (χ4v) is 3.53. The van der Waals surface area contributed by atoms with Crippen LogP contribution in [0.1, 0.15) is 5.56 Å². The number of nitrogens with zero attached hydrogens (tertiary/aromatic N) is 1. The average Bonchev–Trinajstić information content (AvgIpc) is 3.06. The van der Waals surface area contributed by atoms with Crippen molar-refractivity contribution < 1.29 is 79.8 Å². The van der Waals surface area contributed by atoms with E-state index in [9.17, 15) is 65.9 Å². The molecule has 0 atom stereocenters. The SMILES string of the molecule is C=Cc1ccc(OB(Oc2c(F)c(F)c(F)c(F)c2F)Oc2c(F)c(F)c(F)c(F)c2F)c([N+](C)(C)C)c1.Fc1[c-]c(F)c(F)c(F)c1F. The van der Waals surface area contributed by atoms with Gasteiger partial charge in [-0.3, -0.25) is 13.3 Å². The molecule has 0 heterocycles. The summed E-state index contributed by atoms with van der Waals surface area (Å²) in [7, 11) is 1.93. The smallest absolute Gasteiger partial charge is 0.484 e. The van der Waals surface area contributed by atoms with E-state index in [-0.39, 0.29) is 15.9 Å². The second kappa shape index (κ2) is 14.6. The molecule has 4 rings (SSSR count). The van der Waals surface area contributed by atoms with Gasteiger partial charge in [-0.2, -0.15) is 17.6 Å². The number of halogens is 15. The summed E-state index contributed by atoms with van der Waals surface area (Å²) in [4.78, 5) is 0. The zero-order valence-electron chi connectivity index (χ0n) is 24.4. The molecule has 0 aliphatic heterocycles. The lowest BCUT2D eigenvalue weighted by molar-refractivity contribution is 0.259. The maximum absolute atomic E-state index is 14.3. The summed E-state index contributed by atoms with van der Waals surface area (Å²) in [6.07, 6.45) is 1.41. The van der Waals surface area contributed by atoms with Gasteiger partial charge in [-0.25, -0.2) is 39.5 Å². The third-order valence-corrected chi connectivity index (χ3v) is 5.92. The number of hydrogen-bond donors (Lipinski definition) is 0. The minimum absolute atomic E-state index is 0.0607. The number of hydrogen-bond acceptors (Lipinski definition) is 3. The summed E-state index contributed by atoms with van der Waals surface area (Å²) in [6.45, 7) is 3.58. The standard InChI is InChI=1S/C23H15BF10NO3.C6F5/c1-5-9-6-7-11(10(8-9)35(2,3)4)36-24(37-22-18(31)14(27)12(25)15(28)19(22)32)38-23-20(33)16(29)13(26)17(30)21(23)34;7-2-1-3(8)5(10)6(11)4(2)9/h5-8H,1H2,2-4H3;/q+1;-1. The second-order valence-corrected chi connectivity index (χ2v) is 10.1. The van der Waals surface area contributed by atoms with E-state index in [1.54, 1.807) is 21.1 Å². The van der Waals surface area contributed by atoms with E-state index in [1.807, 2.05) is 0 Å². The molecule has 262 valence electrons. The van der Waals surface area contributed by atoms with Gasteiger partial charge >= 0.3 is 7.32 Å². The molecule has 0 saturated heterocycles. The van der Waals surface area contributed by atoms with Crippen LogP contribution in [0.25, 0.3) is 6.08 Å². The van der Waals surface area contributed by atoms with Crippen LogP contribution in [0.5, 0.6) is 17.2 Å². The van der Waals surface area contributed by atoms with E-state index in [0.29, 0.717) is 5.56 Å². The van der Waals surface area contributed by atoms with Crippen LogP contribution in [0.4, 0.5) is 71.5 Å². The molecule has 20 heteroatoms. The Hall–Kier alpha value is -5.01. The van der Waals surface area contributed by atoms with Crippen molar-refractivity contribution in [3.05, 3.63) is 124 Å². The molecule has 0 fully saturated rings. The zero-order valence-corrected chi connectivity index (χ0v) is 24.4. The highest BCUT2D eigenvalue weighted by atomic mass is 19.2. The highest BCUT2D eigenvalue weighted by Crippen LogP contribution is 2.36. The maximum atomic E-state index is 14.3. The van der Waals surface area contributed by atoms with Gasteiger partial charge in [0.25, 0.3) is 0 Å². The topological polar surface area (TPSA) is 27.7 Å². The fraction of sp³-hybridized carbons (Fsp3) is 0.103. The number of benzene rings is 4. The third-order valence-electron chi connectivity index (χ3n) is 5.92. The third kappa shape index (κ3) is 7.84. The number of rotatable bonds is 8. The summed E-state index contributed by atoms with van der Waals surface area (Å²) in [6, 6.07) is 5.05. The predicted molar refractivity (Wildman–Crippen MR) is 141 cm³/mol. The quantitative estimate of drug-likeness (QED) is 0.0456. The minimum atomic E-state index is -2.86. The molecule has 0 spiro atoms. The van der Waals surface area contributed by atoms with Gasteiger partial charge in [0.05, 0.1) is 50.2 Å². The number of quaternary nitrogens is 1. The summed E-state index contributed by atoms with van der Waals surface area (Å²) >= 11 is 0. The van der Waals surface area contributed by atoms with Gasteiger partial charge in [0.2, 0.25) is 58.2 Å². The highest BCUT2D eigenvalue weighted by molar-refractivity contribution is 6.39. The van der Waals surface area contributed by atoms with Crippen molar-refractivity contribution in [3.8, 4) is 17.2 Å². The maximum Gasteiger partial charge on any atom is 0.864 e. The average molecular weight is 721 g/mol. The van der Waals surface area contributed by atoms with Crippen LogP contribution in [-0.2, 0) is 0 Å².